The summed E-state index contributed by atoms with van der Waals surface area (Å²) in [7, 11) is 1.52. The van der Waals surface area contributed by atoms with E-state index in [1.54, 1.807) is 30.5 Å². The fraction of sp³-hybridized carbons (Fsp3) is 0.222. The Morgan fingerprint density at radius 3 is 2.44 bits per heavy atom. The molecular weight excluding hydrogens is 469 g/mol. The molecule has 3 heterocycles. The first kappa shape index (κ1) is 23.6. The van der Waals surface area contributed by atoms with Crippen LogP contribution in [-0.2, 0) is 19.8 Å². The lowest BCUT2D eigenvalue weighted by atomic mass is 9.95. The molecule has 36 heavy (non-hydrogen) atoms. The molecule has 0 amide bonds. The molecular formula is C27H23F3N4O2. The van der Waals surface area contributed by atoms with Gasteiger partial charge in [0.25, 0.3) is 0 Å². The maximum Gasteiger partial charge on any atom is 0.434 e. The highest BCUT2D eigenvalue weighted by molar-refractivity contribution is 5.79. The summed E-state index contributed by atoms with van der Waals surface area (Å²) < 4.78 is 47.3. The van der Waals surface area contributed by atoms with Crippen molar-refractivity contribution >= 4 is 11.1 Å². The Balaban J connectivity index is 1.48. The van der Waals surface area contributed by atoms with Gasteiger partial charge in [-0.05, 0) is 23.1 Å². The Kier molecular flexibility index (Phi) is 5.78. The number of hydrogen-bond donors (Lipinski definition) is 0. The maximum atomic E-state index is 13.0. The lowest BCUT2D eigenvalue weighted by Gasteiger charge is -2.12. The van der Waals surface area contributed by atoms with Crippen molar-refractivity contribution in [1.82, 2.24) is 19.1 Å². The van der Waals surface area contributed by atoms with E-state index in [4.69, 9.17) is 4.42 Å². The predicted molar refractivity (Wildman–Crippen MR) is 131 cm³/mol. The van der Waals surface area contributed by atoms with Crippen molar-refractivity contribution in [2.24, 2.45) is 7.05 Å². The highest BCUT2D eigenvalue weighted by atomic mass is 19.4. The van der Waals surface area contributed by atoms with Gasteiger partial charge in [0.2, 0.25) is 0 Å². The number of aromatic nitrogens is 4. The maximum absolute atomic E-state index is 13.0. The van der Waals surface area contributed by atoms with Gasteiger partial charge in [0.05, 0.1) is 24.0 Å². The fourth-order valence-corrected chi connectivity index (χ4v) is 4.31. The van der Waals surface area contributed by atoms with Gasteiger partial charge in [-0.15, -0.1) is 0 Å². The van der Waals surface area contributed by atoms with Crippen LogP contribution in [-0.4, -0.2) is 19.1 Å². The first-order chi connectivity index (χ1) is 17.1. The highest BCUT2D eigenvalue weighted by Crippen LogP contribution is 2.31. The molecule has 0 spiro atoms. The third-order valence-corrected chi connectivity index (χ3v) is 6.13. The number of halogens is 3. The largest absolute Gasteiger partial charge is 0.434 e. The zero-order valence-electron chi connectivity index (χ0n) is 19.9. The van der Waals surface area contributed by atoms with Gasteiger partial charge < -0.3 is 8.98 Å². The predicted octanol–water partition coefficient (Wildman–Crippen LogP) is 6.25. The van der Waals surface area contributed by atoms with Crippen LogP contribution in [0.25, 0.3) is 33.7 Å². The average Bonchev–Trinajstić information content (AvgIpc) is 3.39. The summed E-state index contributed by atoms with van der Waals surface area (Å²) in [6, 6.07) is 16.8. The average molecular weight is 493 g/mol. The molecule has 0 saturated heterocycles. The summed E-state index contributed by atoms with van der Waals surface area (Å²) >= 11 is 0. The van der Waals surface area contributed by atoms with E-state index < -0.39 is 17.6 Å². The second-order valence-electron chi connectivity index (χ2n) is 8.99. The minimum Gasteiger partial charge on any atom is -0.406 e. The van der Waals surface area contributed by atoms with Gasteiger partial charge in [-0.1, -0.05) is 62.4 Å². The van der Waals surface area contributed by atoms with Gasteiger partial charge in [0, 0.05) is 24.4 Å². The van der Waals surface area contributed by atoms with Crippen LogP contribution in [0.3, 0.4) is 0 Å². The minimum absolute atomic E-state index is 0.208. The topological polar surface area (TPSA) is 65.8 Å². The summed E-state index contributed by atoms with van der Waals surface area (Å²) in [4.78, 5) is 20.9. The Bertz CT molecular complexity index is 1610. The van der Waals surface area contributed by atoms with Gasteiger partial charge >= 0.3 is 11.9 Å². The molecule has 0 saturated carbocycles. The Morgan fingerprint density at radius 2 is 1.78 bits per heavy atom. The van der Waals surface area contributed by atoms with Crippen molar-refractivity contribution in [3.05, 3.63) is 94.4 Å². The number of hydrogen-bond acceptors (Lipinski definition) is 4. The van der Waals surface area contributed by atoms with Crippen LogP contribution in [0.4, 0.5) is 13.2 Å². The number of aryl methyl sites for hydroxylation is 1. The second-order valence-corrected chi connectivity index (χ2v) is 8.99. The lowest BCUT2D eigenvalue weighted by molar-refractivity contribution is -0.140. The third-order valence-electron chi connectivity index (χ3n) is 6.13. The Hall–Kier alpha value is -4.14. The number of benzene rings is 2. The minimum atomic E-state index is -4.51. The number of alkyl halides is 3. The molecule has 6 nitrogen and oxygen atoms in total. The summed E-state index contributed by atoms with van der Waals surface area (Å²) in [6.07, 6.45) is -1.99. The van der Waals surface area contributed by atoms with Crippen LogP contribution >= 0.6 is 0 Å². The summed E-state index contributed by atoms with van der Waals surface area (Å²) in [5, 5.41) is 0. The number of fused-ring (bicyclic) bond motifs is 1. The van der Waals surface area contributed by atoms with E-state index in [1.165, 1.54) is 16.2 Å². The van der Waals surface area contributed by atoms with E-state index >= 15 is 0 Å². The standard InChI is InChI=1S/C27H23F3N4O2/c1-16(2)19-6-4-5-7-20(19)21-12-22-23(13-31-21)36-26(35)34(22)14-17-8-10-18(11-9-17)25-32-24(15-33(25)3)27(28,29)30/h4-13,15-16H,14H2,1-3H3. The number of nitrogens with zero attached hydrogens (tertiary/aromatic N) is 4. The second kappa shape index (κ2) is 8.82. The number of pyridine rings is 1. The van der Waals surface area contributed by atoms with E-state index in [0.717, 1.165) is 28.6 Å². The Labute approximate surface area is 204 Å². The number of imidazole rings is 1. The van der Waals surface area contributed by atoms with Crippen LogP contribution in [0.5, 0.6) is 0 Å². The van der Waals surface area contributed by atoms with Crippen molar-refractivity contribution in [2.45, 2.75) is 32.5 Å². The van der Waals surface area contributed by atoms with Crippen LogP contribution in [0, 0.1) is 0 Å². The van der Waals surface area contributed by atoms with E-state index in [2.05, 4.69) is 29.9 Å². The zero-order chi connectivity index (χ0) is 25.6. The molecule has 0 radical (unpaired) electrons. The molecule has 5 aromatic rings. The van der Waals surface area contributed by atoms with Gasteiger partial charge in [0.1, 0.15) is 5.82 Å². The molecule has 9 heteroatoms. The Morgan fingerprint density at radius 1 is 1.06 bits per heavy atom. The van der Waals surface area contributed by atoms with E-state index in [1.807, 2.05) is 24.3 Å². The summed E-state index contributed by atoms with van der Waals surface area (Å²) in [5.41, 5.74) is 4.28. The molecule has 0 fully saturated rings. The lowest BCUT2D eigenvalue weighted by Crippen LogP contribution is -2.14. The van der Waals surface area contributed by atoms with Crippen LogP contribution in [0.2, 0.25) is 0 Å². The van der Waals surface area contributed by atoms with Crippen LogP contribution in [0.1, 0.15) is 36.6 Å². The molecule has 5 rings (SSSR count). The third kappa shape index (κ3) is 4.32. The number of oxazole rings is 1. The van der Waals surface area contributed by atoms with Crippen molar-refractivity contribution in [2.75, 3.05) is 0 Å². The van der Waals surface area contributed by atoms with E-state index in [-0.39, 0.29) is 12.4 Å². The molecule has 0 aliphatic carbocycles. The molecule has 0 aliphatic rings. The van der Waals surface area contributed by atoms with Gasteiger partial charge in [-0.3, -0.25) is 9.55 Å². The molecule has 0 aliphatic heterocycles. The highest BCUT2D eigenvalue weighted by Gasteiger charge is 2.34. The summed E-state index contributed by atoms with van der Waals surface area (Å²) in [5.74, 6) is -0.00175. The van der Waals surface area contributed by atoms with Crippen molar-refractivity contribution < 1.29 is 17.6 Å². The first-order valence-corrected chi connectivity index (χ1v) is 11.4. The molecule has 3 aromatic heterocycles. The smallest absolute Gasteiger partial charge is 0.406 e. The van der Waals surface area contributed by atoms with Gasteiger partial charge in [0.15, 0.2) is 11.3 Å². The zero-order valence-corrected chi connectivity index (χ0v) is 19.9. The fourth-order valence-electron chi connectivity index (χ4n) is 4.31. The van der Waals surface area contributed by atoms with Crippen LogP contribution < -0.4 is 5.76 Å². The molecule has 184 valence electrons. The quantitative estimate of drug-likeness (QED) is 0.291. The SMILES string of the molecule is CC(C)c1ccccc1-c1cc2c(cn1)oc(=O)n2Cc1ccc(-c2nc(C(F)(F)F)cn2C)cc1. The first-order valence-electron chi connectivity index (χ1n) is 11.4. The molecule has 0 atom stereocenters. The van der Waals surface area contributed by atoms with E-state index in [9.17, 15) is 18.0 Å². The van der Waals surface area contributed by atoms with Gasteiger partial charge in [-0.25, -0.2) is 9.78 Å². The molecule has 2 aromatic carbocycles. The van der Waals surface area contributed by atoms with Crippen molar-refractivity contribution in [1.29, 1.82) is 0 Å². The van der Waals surface area contributed by atoms with Crippen molar-refractivity contribution in [3.8, 4) is 22.6 Å². The normalized spacial score (nSPS) is 12.1. The molecule has 0 N–H and O–H groups in total. The van der Waals surface area contributed by atoms with Crippen LogP contribution in [0.15, 0.2) is 76.2 Å². The van der Waals surface area contributed by atoms with Crippen molar-refractivity contribution in [3.63, 3.8) is 0 Å². The monoisotopic (exact) mass is 492 g/mol. The van der Waals surface area contributed by atoms with E-state index in [0.29, 0.717) is 22.6 Å². The number of rotatable bonds is 5. The summed E-state index contributed by atoms with van der Waals surface area (Å²) in [6.45, 7) is 4.46. The molecule has 0 bridgehead atoms. The van der Waals surface area contributed by atoms with Gasteiger partial charge in [-0.2, -0.15) is 13.2 Å². The molecule has 0 unspecified atom stereocenters.